The maximum Gasteiger partial charge on any atom is 0.269 e. The third-order valence-electron chi connectivity index (χ3n) is 5.60. The molecule has 0 radical (unpaired) electrons. The minimum atomic E-state index is -0.465. The van der Waals surface area contributed by atoms with Crippen LogP contribution in [0.25, 0.3) is 0 Å². The summed E-state index contributed by atoms with van der Waals surface area (Å²) >= 11 is 0. The summed E-state index contributed by atoms with van der Waals surface area (Å²) in [7, 11) is 0. The molecule has 2 aromatic rings. The van der Waals surface area contributed by atoms with Crippen molar-refractivity contribution < 1.29 is 28.7 Å². The fraction of sp³-hybridized carbons (Fsp3) is 0.448. The zero-order valence-electron chi connectivity index (χ0n) is 23.2. The molecule has 0 saturated heterocycles. The van der Waals surface area contributed by atoms with Gasteiger partial charge in [0.15, 0.2) is 0 Å². The molecule has 0 aliphatic heterocycles. The second-order valence-corrected chi connectivity index (χ2v) is 9.97. The average Bonchev–Trinajstić information content (AvgIpc) is 2.90. The summed E-state index contributed by atoms with van der Waals surface area (Å²) in [6.45, 7) is 9.68. The molecule has 212 valence electrons. The molecule has 0 aliphatic rings. The van der Waals surface area contributed by atoms with E-state index in [0.29, 0.717) is 47.7 Å². The molecule has 0 bridgehead atoms. The Hall–Kier alpha value is -4.08. The average molecular weight is 541 g/mol. The summed E-state index contributed by atoms with van der Waals surface area (Å²) in [5, 5.41) is 0. The van der Waals surface area contributed by atoms with Crippen LogP contribution in [0.1, 0.15) is 80.5 Å². The first kappa shape index (κ1) is 31.1. The van der Waals surface area contributed by atoms with Crippen molar-refractivity contribution in [2.24, 2.45) is 11.8 Å². The van der Waals surface area contributed by atoms with Crippen LogP contribution >= 0.6 is 0 Å². The highest BCUT2D eigenvalue weighted by atomic mass is 16.5. The van der Waals surface area contributed by atoms with Gasteiger partial charge in [0.25, 0.3) is 11.8 Å². The van der Waals surface area contributed by atoms with E-state index in [1.807, 2.05) is 0 Å². The Labute approximate surface area is 230 Å². The highest BCUT2D eigenvalue weighted by Gasteiger charge is 2.11. The molecule has 0 heterocycles. The summed E-state index contributed by atoms with van der Waals surface area (Å²) < 4.78 is 11.3. The number of nitrogens with one attached hydrogen (secondary N) is 4. The first-order valence-corrected chi connectivity index (χ1v) is 13.3. The second kappa shape index (κ2) is 16.7. The lowest BCUT2D eigenvalue weighted by molar-refractivity contribution is -0.123. The van der Waals surface area contributed by atoms with Crippen LogP contribution in [-0.4, -0.2) is 36.8 Å². The third-order valence-corrected chi connectivity index (χ3v) is 5.60. The van der Waals surface area contributed by atoms with Gasteiger partial charge in [0.1, 0.15) is 11.5 Å². The highest BCUT2D eigenvalue weighted by Crippen LogP contribution is 2.14. The molecule has 0 aromatic heterocycles. The van der Waals surface area contributed by atoms with Crippen LogP contribution in [0.2, 0.25) is 0 Å². The minimum absolute atomic E-state index is 0.0164. The summed E-state index contributed by atoms with van der Waals surface area (Å²) in [4.78, 5) is 48.5. The summed E-state index contributed by atoms with van der Waals surface area (Å²) in [6, 6.07) is 13.3. The lowest BCUT2D eigenvalue weighted by Crippen LogP contribution is -2.42. The quantitative estimate of drug-likeness (QED) is 0.268. The number of hydrogen-bond acceptors (Lipinski definition) is 6. The Morgan fingerprint density at radius 1 is 0.590 bits per heavy atom. The van der Waals surface area contributed by atoms with Gasteiger partial charge in [-0.1, -0.05) is 27.7 Å². The molecule has 0 saturated carbocycles. The maximum atomic E-state index is 12.2. The first-order chi connectivity index (χ1) is 18.6. The molecule has 10 nitrogen and oxygen atoms in total. The Kier molecular flexibility index (Phi) is 13.3. The van der Waals surface area contributed by atoms with E-state index in [-0.39, 0.29) is 19.3 Å². The number of carbonyl (C=O) groups excluding carboxylic acids is 4. The van der Waals surface area contributed by atoms with Crippen molar-refractivity contribution in [3.05, 3.63) is 59.7 Å². The fourth-order valence-electron chi connectivity index (χ4n) is 3.16. The van der Waals surface area contributed by atoms with E-state index in [1.165, 1.54) is 0 Å². The number of carbonyl (C=O) groups is 4. The van der Waals surface area contributed by atoms with Crippen LogP contribution in [-0.2, 0) is 9.59 Å². The Morgan fingerprint density at radius 2 is 0.949 bits per heavy atom. The van der Waals surface area contributed by atoms with Crippen molar-refractivity contribution in [2.75, 3.05) is 13.2 Å². The van der Waals surface area contributed by atoms with Gasteiger partial charge in [0, 0.05) is 24.0 Å². The number of benzene rings is 2. The van der Waals surface area contributed by atoms with Crippen molar-refractivity contribution in [3.63, 3.8) is 0 Å². The van der Waals surface area contributed by atoms with Crippen molar-refractivity contribution in [3.8, 4) is 11.5 Å². The summed E-state index contributed by atoms with van der Waals surface area (Å²) in [6.07, 6.45) is 2.14. The molecule has 0 fully saturated rings. The lowest BCUT2D eigenvalue weighted by Gasteiger charge is -2.10. The van der Waals surface area contributed by atoms with Gasteiger partial charge in [-0.3, -0.25) is 40.9 Å². The number of rotatable bonds is 14. The second-order valence-electron chi connectivity index (χ2n) is 9.97. The van der Waals surface area contributed by atoms with E-state index in [4.69, 9.17) is 9.47 Å². The molecular weight excluding hydrogens is 500 g/mol. The predicted molar refractivity (Wildman–Crippen MR) is 148 cm³/mol. The van der Waals surface area contributed by atoms with Gasteiger partial charge in [-0.25, -0.2) is 0 Å². The van der Waals surface area contributed by atoms with Crippen LogP contribution in [0.15, 0.2) is 48.5 Å². The lowest BCUT2D eigenvalue weighted by atomic mass is 10.1. The van der Waals surface area contributed by atoms with Gasteiger partial charge in [-0.2, -0.15) is 0 Å². The molecule has 0 unspecified atom stereocenters. The van der Waals surface area contributed by atoms with Crippen LogP contribution < -0.4 is 31.2 Å². The zero-order chi connectivity index (χ0) is 28.6. The normalized spacial score (nSPS) is 10.6. The fourth-order valence-corrected chi connectivity index (χ4v) is 3.16. The Morgan fingerprint density at radius 3 is 1.28 bits per heavy atom. The molecule has 39 heavy (non-hydrogen) atoms. The first-order valence-electron chi connectivity index (χ1n) is 13.3. The van der Waals surface area contributed by atoms with Gasteiger partial charge >= 0.3 is 0 Å². The smallest absolute Gasteiger partial charge is 0.269 e. The molecule has 2 rings (SSSR count). The van der Waals surface area contributed by atoms with Gasteiger partial charge in [0.2, 0.25) is 11.8 Å². The van der Waals surface area contributed by atoms with Crippen LogP contribution in [0.4, 0.5) is 0 Å². The minimum Gasteiger partial charge on any atom is -0.494 e. The SMILES string of the molecule is CC(C)CCOc1ccc(C(=O)NNC(=O)CCCC(=O)NNC(=O)c2ccc(OCCC(C)C)cc2)cc1. The van der Waals surface area contributed by atoms with E-state index < -0.39 is 23.6 Å². The number of hydrazine groups is 2. The summed E-state index contributed by atoms with van der Waals surface area (Å²) in [5.41, 5.74) is 10.1. The van der Waals surface area contributed by atoms with Gasteiger partial charge in [-0.05, 0) is 79.6 Å². The molecule has 4 N–H and O–H groups in total. The molecule has 0 atom stereocenters. The molecule has 2 aromatic carbocycles. The van der Waals surface area contributed by atoms with Gasteiger partial charge in [-0.15, -0.1) is 0 Å². The third kappa shape index (κ3) is 12.8. The topological polar surface area (TPSA) is 135 Å². The number of ether oxygens (including phenoxy) is 2. The molecule has 0 aliphatic carbocycles. The van der Waals surface area contributed by atoms with Crippen molar-refractivity contribution in [2.45, 2.75) is 59.8 Å². The Bertz CT molecular complexity index is 983. The zero-order valence-corrected chi connectivity index (χ0v) is 23.2. The predicted octanol–water partition coefficient (Wildman–Crippen LogP) is 3.93. The van der Waals surface area contributed by atoms with Crippen LogP contribution in [0, 0.1) is 11.8 Å². The van der Waals surface area contributed by atoms with Gasteiger partial charge in [0.05, 0.1) is 13.2 Å². The van der Waals surface area contributed by atoms with Crippen molar-refractivity contribution in [1.82, 2.24) is 21.7 Å². The Balaban J connectivity index is 1.60. The summed E-state index contributed by atoms with van der Waals surface area (Å²) in [5.74, 6) is 0.622. The van der Waals surface area contributed by atoms with Crippen molar-refractivity contribution in [1.29, 1.82) is 0 Å². The highest BCUT2D eigenvalue weighted by molar-refractivity contribution is 5.96. The van der Waals surface area contributed by atoms with E-state index in [9.17, 15) is 19.2 Å². The van der Waals surface area contributed by atoms with Crippen LogP contribution in [0.5, 0.6) is 11.5 Å². The molecule has 10 heteroatoms. The van der Waals surface area contributed by atoms with E-state index in [0.717, 1.165) is 12.8 Å². The molecule has 0 spiro atoms. The van der Waals surface area contributed by atoms with Crippen LogP contribution in [0.3, 0.4) is 0 Å². The van der Waals surface area contributed by atoms with E-state index in [1.54, 1.807) is 48.5 Å². The standard InChI is InChI=1S/C29H40N4O6/c1-20(2)16-18-38-24-12-8-22(9-13-24)28(36)32-30-26(34)6-5-7-27(35)31-33-29(37)23-10-14-25(15-11-23)39-19-17-21(3)4/h8-15,20-21H,5-7,16-19H2,1-4H3,(H,30,34)(H,31,35)(H,32,36)(H,33,37). The molecule has 4 amide bonds. The van der Waals surface area contributed by atoms with E-state index >= 15 is 0 Å². The monoisotopic (exact) mass is 540 g/mol. The van der Waals surface area contributed by atoms with Crippen molar-refractivity contribution >= 4 is 23.6 Å². The van der Waals surface area contributed by atoms with Gasteiger partial charge < -0.3 is 9.47 Å². The largest absolute Gasteiger partial charge is 0.494 e. The maximum absolute atomic E-state index is 12.2. The number of hydrogen-bond donors (Lipinski definition) is 4. The van der Waals surface area contributed by atoms with E-state index in [2.05, 4.69) is 49.4 Å². The molecular formula is C29H40N4O6. The number of amides is 4.